The smallest absolute Gasteiger partial charge is 0.280 e. The summed E-state index contributed by atoms with van der Waals surface area (Å²) in [6, 6.07) is 3.96. The molecule has 0 aliphatic rings. The fourth-order valence-electron chi connectivity index (χ4n) is 1.13. The number of methoxy groups -OCH3 is 1. The number of hydrogen-bond donors (Lipinski definition) is 1. The number of rotatable bonds is 4. The first-order valence-electron chi connectivity index (χ1n) is 4.16. The lowest BCUT2D eigenvalue weighted by atomic mass is 10.1. The van der Waals surface area contributed by atoms with Crippen molar-refractivity contribution in [2.75, 3.05) is 13.7 Å². The van der Waals surface area contributed by atoms with Gasteiger partial charge in [0.15, 0.2) is 5.78 Å². The second-order valence-corrected chi connectivity index (χ2v) is 2.77. The molecule has 0 fully saturated rings. The number of hydrogen-bond acceptors (Lipinski definition) is 5. The second kappa shape index (κ2) is 4.52. The number of ketones is 1. The SMILES string of the molecule is COc1ccc([N+](=O)[O-])c(C(=O)CN)c1. The summed E-state index contributed by atoms with van der Waals surface area (Å²) in [4.78, 5) is 21.3. The van der Waals surface area contributed by atoms with Crippen molar-refractivity contribution in [3.8, 4) is 5.75 Å². The van der Waals surface area contributed by atoms with Crippen LogP contribution in [0, 0.1) is 10.1 Å². The highest BCUT2D eigenvalue weighted by atomic mass is 16.6. The monoisotopic (exact) mass is 210 g/mol. The second-order valence-electron chi connectivity index (χ2n) is 2.77. The zero-order valence-corrected chi connectivity index (χ0v) is 8.10. The van der Waals surface area contributed by atoms with E-state index in [-0.39, 0.29) is 17.8 Å². The van der Waals surface area contributed by atoms with Crippen LogP contribution in [-0.4, -0.2) is 24.4 Å². The van der Waals surface area contributed by atoms with Crippen molar-refractivity contribution < 1.29 is 14.5 Å². The molecule has 6 nitrogen and oxygen atoms in total. The van der Waals surface area contributed by atoms with Crippen molar-refractivity contribution in [1.82, 2.24) is 0 Å². The van der Waals surface area contributed by atoms with Crippen LogP contribution in [0.5, 0.6) is 5.75 Å². The summed E-state index contributed by atoms with van der Waals surface area (Å²) in [5, 5.41) is 10.6. The molecule has 0 radical (unpaired) electrons. The maximum atomic E-state index is 11.3. The molecular weight excluding hydrogens is 200 g/mol. The van der Waals surface area contributed by atoms with Gasteiger partial charge >= 0.3 is 0 Å². The molecule has 6 heteroatoms. The van der Waals surface area contributed by atoms with E-state index in [1.165, 1.54) is 25.3 Å². The van der Waals surface area contributed by atoms with Gasteiger partial charge in [-0.2, -0.15) is 0 Å². The fourth-order valence-corrected chi connectivity index (χ4v) is 1.13. The summed E-state index contributed by atoms with van der Waals surface area (Å²) in [6.45, 7) is -0.270. The van der Waals surface area contributed by atoms with Crippen LogP contribution in [0.25, 0.3) is 0 Å². The zero-order chi connectivity index (χ0) is 11.4. The molecule has 0 aliphatic carbocycles. The van der Waals surface area contributed by atoms with Gasteiger partial charge in [0.1, 0.15) is 11.3 Å². The van der Waals surface area contributed by atoms with Crippen molar-refractivity contribution in [2.45, 2.75) is 0 Å². The molecule has 1 aromatic rings. The standard InChI is InChI=1S/C9H10N2O4/c1-15-6-2-3-8(11(13)14)7(4-6)9(12)5-10/h2-4H,5,10H2,1H3. The Morgan fingerprint density at radius 1 is 1.60 bits per heavy atom. The molecular formula is C9H10N2O4. The number of nitrogens with two attached hydrogens (primary N) is 1. The highest BCUT2D eigenvalue weighted by Gasteiger charge is 2.19. The van der Waals surface area contributed by atoms with Crippen molar-refractivity contribution in [2.24, 2.45) is 5.73 Å². The van der Waals surface area contributed by atoms with Crippen molar-refractivity contribution in [1.29, 1.82) is 0 Å². The van der Waals surface area contributed by atoms with Gasteiger partial charge in [0.25, 0.3) is 5.69 Å². The minimum Gasteiger partial charge on any atom is -0.497 e. The van der Waals surface area contributed by atoms with Gasteiger partial charge in [0, 0.05) is 6.07 Å². The molecule has 2 N–H and O–H groups in total. The number of nitrogens with zero attached hydrogens (tertiary/aromatic N) is 1. The van der Waals surface area contributed by atoms with E-state index in [2.05, 4.69) is 0 Å². The molecule has 0 saturated heterocycles. The first kappa shape index (κ1) is 11.1. The minimum absolute atomic E-state index is 0.0261. The Hall–Kier alpha value is -1.95. The van der Waals surface area contributed by atoms with Crippen molar-refractivity contribution >= 4 is 11.5 Å². The van der Waals surface area contributed by atoms with Gasteiger partial charge in [0.05, 0.1) is 18.6 Å². The highest BCUT2D eigenvalue weighted by molar-refractivity contribution is 6.01. The van der Waals surface area contributed by atoms with E-state index >= 15 is 0 Å². The summed E-state index contributed by atoms with van der Waals surface area (Å²) in [7, 11) is 1.41. The van der Waals surface area contributed by atoms with E-state index in [4.69, 9.17) is 10.5 Å². The lowest BCUT2D eigenvalue weighted by molar-refractivity contribution is -0.385. The number of ether oxygens (including phenoxy) is 1. The van der Waals surface area contributed by atoms with E-state index in [1.54, 1.807) is 0 Å². The third kappa shape index (κ3) is 2.29. The third-order valence-electron chi connectivity index (χ3n) is 1.89. The molecule has 15 heavy (non-hydrogen) atoms. The molecule has 0 spiro atoms. The number of carbonyl (C=O) groups excluding carboxylic acids is 1. The Labute approximate surface area is 85.8 Å². The predicted molar refractivity (Wildman–Crippen MR) is 53.0 cm³/mol. The third-order valence-corrected chi connectivity index (χ3v) is 1.89. The Morgan fingerprint density at radius 3 is 2.73 bits per heavy atom. The molecule has 0 unspecified atom stereocenters. The Bertz CT molecular complexity index is 403. The maximum absolute atomic E-state index is 11.3. The summed E-state index contributed by atoms with van der Waals surface area (Å²) in [5.74, 6) is -0.0991. The van der Waals surface area contributed by atoms with Gasteiger partial charge < -0.3 is 10.5 Å². The molecule has 0 aliphatic heterocycles. The molecule has 80 valence electrons. The van der Waals surface area contributed by atoms with E-state index < -0.39 is 10.7 Å². The summed E-state index contributed by atoms with van der Waals surface area (Å²) in [5.41, 5.74) is 4.87. The van der Waals surface area contributed by atoms with Crippen LogP contribution in [0.15, 0.2) is 18.2 Å². The Kier molecular flexibility index (Phi) is 3.35. The van der Waals surface area contributed by atoms with Gasteiger partial charge in [-0.25, -0.2) is 0 Å². The van der Waals surface area contributed by atoms with Gasteiger partial charge in [-0.05, 0) is 12.1 Å². The summed E-state index contributed by atoms with van der Waals surface area (Å²) in [6.07, 6.45) is 0. The topological polar surface area (TPSA) is 95.5 Å². The van der Waals surface area contributed by atoms with Crippen LogP contribution in [0.1, 0.15) is 10.4 Å². The number of benzene rings is 1. The molecule has 0 atom stereocenters. The van der Waals surface area contributed by atoms with Gasteiger partial charge in [0.2, 0.25) is 0 Å². The van der Waals surface area contributed by atoms with Crippen molar-refractivity contribution in [3.05, 3.63) is 33.9 Å². The minimum atomic E-state index is -0.623. The normalized spacial score (nSPS) is 9.73. The average Bonchev–Trinajstić information content (AvgIpc) is 2.26. The van der Waals surface area contributed by atoms with Gasteiger partial charge in [-0.15, -0.1) is 0 Å². The molecule has 0 heterocycles. The number of nitro benzene ring substituents is 1. The Morgan fingerprint density at radius 2 is 2.27 bits per heavy atom. The largest absolute Gasteiger partial charge is 0.497 e. The number of nitro groups is 1. The molecule has 1 rings (SSSR count). The number of carbonyl (C=O) groups is 1. The van der Waals surface area contributed by atoms with Crippen LogP contribution in [-0.2, 0) is 0 Å². The molecule has 0 aromatic heterocycles. The maximum Gasteiger partial charge on any atom is 0.280 e. The average molecular weight is 210 g/mol. The van der Waals surface area contributed by atoms with Gasteiger partial charge in [-0.1, -0.05) is 0 Å². The highest BCUT2D eigenvalue weighted by Crippen LogP contribution is 2.23. The van der Waals surface area contributed by atoms with Crippen LogP contribution in [0.4, 0.5) is 5.69 Å². The van der Waals surface area contributed by atoms with E-state index in [9.17, 15) is 14.9 Å². The van der Waals surface area contributed by atoms with Crippen LogP contribution in [0.2, 0.25) is 0 Å². The summed E-state index contributed by atoms with van der Waals surface area (Å²) >= 11 is 0. The predicted octanol–water partition coefficient (Wildman–Crippen LogP) is 0.745. The molecule has 0 bridgehead atoms. The number of Topliss-reactive ketones (excluding diaryl/α,β-unsaturated/α-hetero) is 1. The zero-order valence-electron chi connectivity index (χ0n) is 8.10. The molecule has 1 aromatic carbocycles. The van der Waals surface area contributed by atoms with Gasteiger partial charge in [-0.3, -0.25) is 14.9 Å². The first-order chi connectivity index (χ1) is 7.10. The van der Waals surface area contributed by atoms with Crippen LogP contribution in [0.3, 0.4) is 0 Å². The van der Waals surface area contributed by atoms with E-state index in [1.807, 2.05) is 0 Å². The Balaban J connectivity index is 3.28. The van der Waals surface area contributed by atoms with Crippen molar-refractivity contribution in [3.63, 3.8) is 0 Å². The molecule has 0 amide bonds. The van der Waals surface area contributed by atoms with Crippen LogP contribution >= 0.6 is 0 Å². The lowest BCUT2D eigenvalue weighted by Crippen LogP contribution is -2.15. The van der Waals surface area contributed by atoms with Crippen LogP contribution < -0.4 is 10.5 Å². The van der Waals surface area contributed by atoms with E-state index in [0.717, 1.165) is 0 Å². The quantitative estimate of drug-likeness (QED) is 0.449. The first-order valence-corrected chi connectivity index (χ1v) is 4.16. The summed E-state index contributed by atoms with van der Waals surface area (Å²) < 4.78 is 4.87. The molecule has 0 saturated carbocycles. The lowest BCUT2D eigenvalue weighted by Gasteiger charge is -2.03. The fraction of sp³-hybridized carbons (Fsp3) is 0.222. The van der Waals surface area contributed by atoms with E-state index in [0.29, 0.717) is 5.75 Å².